The van der Waals surface area contributed by atoms with Gasteiger partial charge in [-0.05, 0) is 92.3 Å². The molecule has 2 N–H and O–H groups in total. The van der Waals surface area contributed by atoms with E-state index < -0.39 is 24.0 Å². The molecule has 12 nitrogen and oxygen atoms in total. The molecule has 1 saturated heterocycles. The number of ether oxygens (including phenoxy) is 6. The van der Waals surface area contributed by atoms with Crippen LogP contribution in [-0.4, -0.2) is 91.7 Å². The molecule has 7 rings (SSSR count). The second-order valence-corrected chi connectivity index (χ2v) is 15.3. The Bertz CT molecular complexity index is 1770. The highest BCUT2D eigenvalue weighted by atomic mass is 16.8. The van der Waals surface area contributed by atoms with E-state index in [0.29, 0.717) is 54.6 Å². The smallest absolute Gasteiger partial charge is 0.254 e. The molecule has 0 bridgehead atoms. The second-order valence-electron chi connectivity index (χ2n) is 15.3. The van der Waals surface area contributed by atoms with E-state index in [0.717, 1.165) is 61.8 Å². The third-order valence-electron chi connectivity index (χ3n) is 11.8. The molecule has 3 heterocycles. The normalized spacial score (nSPS) is 28.0. The lowest BCUT2D eigenvalue weighted by molar-refractivity contribution is -0.252. The first-order valence-corrected chi connectivity index (χ1v) is 20.2. The summed E-state index contributed by atoms with van der Waals surface area (Å²) >= 11 is 0. The Morgan fingerprint density at radius 3 is 2.54 bits per heavy atom. The van der Waals surface area contributed by atoms with Crippen molar-refractivity contribution in [3.63, 3.8) is 0 Å². The van der Waals surface area contributed by atoms with Gasteiger partial charge in [0.05, 0.1) is 24.8 Å². The van der Waals surface area contributed by atoms with Crippen LogP contribution >= 0.6 is 0 Å². The molecule has 5 aliphatic rings. The number of allylic oxidation sites excluding steroid dienone is 1. The van der Waals surface area contributed by atoms with Crippen LogP contribution in [0.15, 0.2) is 78.5 Å². The standard InChI is InChI=1S/C44H56N2O10/c1-4-21-50-31-16-18-36-34(26-31)41-32(13-7-10-20-48)29(12-6-9-19-47)24-33-35(45-56-40-14-8-11-23-51-40)27-39(44(55-36,42(33)41)54-22-5-2)46(3)43(49)30-15-17-37-38(25-30)53-28-52-37/h4-5,15-18,24-26,29,32,39-42,47-48H,1-2,6-14,19-23,27-28H2,3H3. The van der Waals surface area contributed by atoms with E-state index in [2.05, 4.69) is 25.3 Å². The average molecular weight is 773 g/mol. The van der Waals surface area contributed by atoms with Crippen LogP contribution in [0.3, 0.4) is 0 Å². The molecule has 2 aromatic carbocycles. The quantitative estimate of drug-likeness (QED) is 0.0934. The summed E-state index contributed by atoms with van der Waals surface area (Å²) in [7, 11) is 1.79. The number of nitrogens with zero attached hydrogens (tertiary/aromatic N) is 2. The van der Waals surface area contributed by atoms with E-state index in [1.54, 1.807) is 42.3 Å². The first kappa shape index (κ1) is 39.9. The Morgan fingerprint density at radius 1 is 0.982 bits per heavy atom. The van der Waals surface area contributed by atoms with E-state index in [1.165, 1.54) is 0 Å². The molecule has 2 aliphatic carbocycles. The fraction of sp³-hybridized carbons (Fsp3) is 0.545. The van der Waals surface area contributed by atoms with Crippen molar-refractivity contribution in [2.24, 2.45) is 22.9 Å². The lowest BCUT2D eigenvalue weighted by Crippen LogP contribution is -2.69. The molecule has 2 fully saturated rings. The van der Waals surface area contributed by atoms with Gasteiger partial charge in [-0.2, -0.15) is 0 Å². The van der Waals surface area contributed by atoms with Crippen molar-refractivity contribution in [2.45, 2.75) is 88.2 Å². The number of likely N-dealkylation sites (N-methyl/N-ethyl adjacent to an activating group) is 1. The molecule has 1 saturated carbocycles. The summed E-state index contributed by atoms with van der Waals surface area (Å²) in [6.07, 6.45) is 13.0. The van der Waals surface area contributed by atoms with Crippen molar-refractivity contribution < 1.29 is 48.3 Å². The third kappa shape index (κ3) is 8.07. The van der Waals surface area contributed by atoms with Crippen molar-refractivity contribution in [3.8, 4) is 23.0 Å². The zero-order chi connectivity index (χ0) is 39.1. The Morgan fingerprint density at radius 2 is 1.77 bits per heavy atom. The van der Waals surface area contributed by atoms with Gasteiger partial charge in [0.2, 0.25) is 18.9 Å². The van der Waals surface area contributed by atoms with E-state index in [9.17, 15) is 15.0 Å². The summed E-state index contributed by atoms with van der Waals surface area (Å²) in [6.45, 7) is 9.31. The highest BCUT2D eigenvalue weighted by Gasteiger charge is 2.65. The van der Waals surface area contributed by atoms with Crippen molar-refractivity contribution in [1.29, 1.82) is 0 Å². The molecule has 12 heteroatoms. The van der Waals surface area contributed by atoms with Gasteiger partial charge in [-0.25, -0.2) is 0 Å². The number of fused-ring (bicyclic) bond motifs is 3. The fourth-order valence-electron chi connectivity index (χ4n) is 9.26. The number of amides is 1. The first-order valence-electron chi connectivity index (χ1n) is 20.2. The summed E-state index contributed by atoms with van der Waals surface area (Å²) in [5.74, 6) is 0.457. The van der Waals surface area contributed by atoms with Crippen LogP contribution in [0.5, 0.6) is 23.0 Å². The number of oxime groups is 1. The topological polar surface area (TPSA) is 138 Å². The van der Waals surface area contributed by atoms with Gasteiger partial charge < -0.3 is 48.4 Å². The van der Waals surface area contributed by atoms with Crippen LogP contribution in [0.1, 0.15) is 86.0 Å². The second kappa shape index (κ2) is 18.3. The van der Waals surface area contributed by atoms with E-state index in [4.69, 9.17) is 38.4 Å². The molecule has 7 unspecified atom stereocenters. The van der Waals surface area contributed by atoms with Gasteiger partial charge in [0.1, 0.15) is 24.1 Å². The van der Waals surface area contributed by atoms with Crippen LogP contribution in [0.2, 0.25) is 0 Å². The Hall–Kier alpha value is -4.36. The molecule has 1 amide bonds. The molecule has 56 heavy (non-hydrogen) atoms. The molecule has 302 valence electrons. The molecule has 3 aliphatic heterocycles. The number of carbonyl (C=O) groups excluding carboxylic acids is 1. The van der Waals surface area contributed by atoms with Crippen molar-refractivity contribution in [2.75, 3.05) is 46.9 Å². The first-order chi connectivity index (χ1) is 27.4. The molecule has 0 radical (unpaired) electrons. The minimum atomic E-state index is -1.37. The number of hydrogen-bond acceptors (Lipinski definition) is 11. The van der Waals surface area contributed by atoms with Crippen molar-refractivity contribution >= 4 is 11.6 Å². The van der Waals surface area contributed by atoms with Gasteiger partial charge in [0.25, 0.3) is 5.91 Å². The van der Waals surface area contributed by atoms with E-state index in [-0.39, 0.29) is 56.7 Å². The maximum absolute atomic E-state index is 14.6. The summed E-state index contributed by atoms with van der Waals surface area (Å²) in [5.41, 5.74) is 3.11. The van der Waals surface area contributed by atoms with Crippen LogP contribution in [0, 0.1) is 17.8 Å². The van der Waals surface area contributed by atoms with E-state index >= 15 is 0 Å². The number of carbonyl (C=O) groups is 1. The number of hydrogen-bond donors (Lipinski definition) is 2. The number of rotatable bonds is 18. The van der Waals surface area contributed by atoms with Crippen molar-refractivity contribution in [1.82, 2.24) is 4.90 Å². The summed E-state index contributed by atoms with van der Waals surface area (Å²) in [6, 6.07) is 10.4. The molecular formula is C44H56N2O10. The van der Waals surface area contributed by atoms with Gasteiger partial charge in [0.15, 0.2) is 11.5 Å². The SMILES string of the molecule is C=CCOc1ccc2c(c1)C1C(CCCCO)C(CCCCO)C=C3C(=NOC4CCCCO4)CC(N(C)C(=O)c4ccc5c(c4)OCO5)C(OCC=C)(O2)C31. The average Bonchev–Trinajstić information content (AvgIpc) is 3.71. The lowest BCUT2D eigenvalue weighted by Gasteiger charge is -2.59. The predicted octanol–water partition coefficient (Wildman–Crippen LogP) is 6.91. The minimum Gasteiger partial charge on any atom is -0.490 e. The summed E-state index contributed by atoms with van der Waals surface area (Å²) < 4.78 is 37.5. The molecule has 0 aromatic heterocycles. The molecule has 2 aromatic rings. The third-order valence-corrected chi connectivity index (χ3v) is 11.8. The monoisotopic (exact) mass is 772 g/mol. The van der Waals surface area contributed by atoms with Gasteiger partial charge in [-0.1, -0.05) is 42.8 Å². The van der Waals surface area contributed by atoms with Gasteiger partial charge in [0, 0.05) is 50.1 Å². The highest BCUT2D eigenvalue weighted by molar-refractivity contribution is 6.03. The Labute approximate surface area is 329 Å². The van der Waals surface area contributed by atoms with Crippen LogP contribution < -0.4 is 18.9 Å². The maximum atomic E-state index is 14.6. The molecule has 7 atom stereocenters. The molecular weight excluding hydrogens is 716 g/mol. The largest absolute Gasteiger partial charge is 0.490 e. The number of benzene rings is 2. The van der Waals surface area contributed by atoms with Crippen LogP contribution in [-0.2, 0) is 14.3 Å². The maximum Gasteiger partial charge on any atom is 0.254 e. The fourth-order valence-corrected chi connectivity index (χ4v) is 9.26. The Balaban J connectivity index is 1.41. The minimum absolute atomic E-state index is 0.0930. The van der Waals surface area contributed by atoms with Crippen LogP contribution in [0.25, 0.3) is 0 Å². The van der Waals surface area contributed by atoms with Gasteiger partial charge in [-0.15, -0.1) is 6.58 Å². The number of aliphatic hydroxyl groups excluding tert-OH is 2. The number of aliphatic hydroxyl groups is 2. The highest BCUT2D eigenvalue weighted by Crippen LogP contribution is 2.62. The summed E-state index contributed by atoms with van der Waals surface area (Å²) in [5, 5.41) is 24.6. The zero-order valence-corrected chi connectivity index (χ0v) is 32.4. The predicted molar refractivity (Wildman–Crippen MR) is 210 cm³/mol. The van der Waals surface area contributed by atoms with Crippen LogP contribution in [0.4, 0.5) is 0 Å². The van der Waals surface area contributed by atoms with E-state index in [1.807, 2.05) is 12.1 Å². The Kier molecular flexibility index (Phi) is 13.0. The zero-order valence-electron chi connectivity index (χ0n) is 32.4. The van der Waals surface area contributed by atoms with Gasteiger partial charge >= 0.3 is 0 Å². The number of unbranched alkanes of at least 4 members (excludes halogenated alkanes) is 2. The molecule has 0 spiro atoms. The summed E-state index contributed by atoms with van der Waals surface area (Å²) in [4.78, 5) is 22.6. The lowest BCUT2D eigenvalue weighted by atomic mass is 9.55. The van der Waals surface area contributed by atoms with Gasteiger partial charge in [-0.3, -0.25) is 4.79 Å². The van der Waals surface area contributed by atoms with Crippen molar-refractivity contribution in [3.05, 3.63) is 84.5 Å².